The van der Waals surface area contributed by atoms with E-state index in [9.17, 15) is 4.79 Å². The van der Waals surface area contributed by atoms with Gasteiger partial charge in [-0.1, -0.05) is 5.21 Å². The number of hydrogen-bond donors (Lipinski definition) is 1. The fourth-order valence-electron chi connectivity index (χ4n) is 1.30. The number of pyridine rings is 1. The van der Waals surface area contributed by atoms with E-state index >= 15 is 0 Å². The van der Waals surface area contributed by atoms with E-state index in [0.29, 0.717) is 11.5 Å². The molecule has 7 heteroatoms. The molecule has 0 aromatic carbocycles. The van der Waals surface area contributed by atoms with E-state index in [1.165, 1.54) is 4.57 Å². The first-order chi connectivity index (χ1) is 7.58. The molecule has 0 unspecified atom stereocenters. The van der Waals surface area contributed by atoms with Crippen molar-refractivity contribution in [2.24, 2.45) is 14.1 Å². The topological polar surface area (TPSA) is 64.7 Å². The zero-order valence-corrected chi connectivity index (χ0v) is 10.4. The Balaban J connectivity index is 2.43. The normalized spacial score (nSPS) is 10.4. The predicted octanol–water partition coefficient (Wildman–Crippen LogP) is 1.02. The second-order valence-corrected chi connectivity index (χ2v) is 4.27. The van der Waals surface area contributed by atoms with Gasteiger partial charge in [0.25, 0.3) is 5.56 Å². The molecule has 0 fully saturated rings. The van der Waals surface area contributed by atoms with Crippen LogP contribution in [0.5, 0.6) is 0 Å². The number of nitrogens with zero attached hydrogens (tertiary/aromatic N) is 4. The number of halogens is 1. The number of aromatic nitrogens is 4. The van der Waals surface area contributed by atoms with Gasteiger partial charge in [0.05, 0.1) is 6.20 Å². The van der Waals surface area contributed by atoms with Gasteiger partial charge in [0, 0.05) is 24.8 Å². The van der Waals surface area contributed by atoms with Crippen LogP contribution in [0.15, 0.2) is 27.7 Å². The Labute approximate surface area is 100 Å². The van der Waals surface area contributed by atoms with Crippen molar-refractivity contribution in [1.82, 2.24) is 19.6 Å². The van der Waals surface area contributed by atoms with Crippen LogP contribution in [0, 0.1) is 0 Å². The fourth-order valence-corrected chi connectivity index (χ4v) is 1.84. The molecular formula is C9H10BrN5O. The second-order valence-electron chi connectivity index (χ2n) is 3.36. The summed E-state index contributed by atoms with van der Waals surface area (Å²) >= 11 is 3.33. The van der Waals surface area contributed by atoms with Crippen LogP contribution in [-0.2, 0) is 14.1 Å². The number of anilines is 2. The quantitative estimate of drug-likeness (QED) is 0.894. The maximum atomic E-state index is 11.8. The van der Waals surface area contributed by atoms with E-state index in [0.717, 1.165) is 4.47 Å². The van der Waals surface area contributed by atoms with E-state index in [1.807, 2.05) is 0 Å². The molecule has 0 radical (unpaired) electrons. The summed E-state index contributed by atoms with van der Waals surface area (Å²) in [5, 5.41) is 10.5. The third-order valence-electron chi connectivity index (χ3n) is 2.13. The summed E-state index contributed by atoms with van der Waals surface area (Å²) in [6.07, 6.45) is 3.26. The summed E-state index contributed by atoms with van der Waals surface area (Å²) in [4.78, 5) is 11.8. The van der Waals surface area contributed by atoms with Gasteiger partial charge in [-0.25, -0.2) is 4.68 Å². The molecule has 0 amide bonds. The average Bonchev–Trinajstić information content (AvgIpc) is 2.60. The van der Waals surface area contributed by atoms with Gasteiger partial charge in [0.1, 0.15) is 11.5 Å². The molecule has 2 rings (SSSR count). The zero-order valence-electron chi connectivity index (χ0n) is 8.81. The summed E-state index contributed by atoms with van der Waals surface area (Å²) in [5.41, 5.74) is 0.367. The molecule has 0 spiro atoms. The highest BCUT2D eigenvalue weighted by Gasteiger charge is 2.06. The molecule has 16 heavy (non-hydrogen) atoms. The molecule has 6 nitrogen and oxygen atoms in total. The Morgan fingerprint density at radius 1 is 1.44 bits per heavy atom. The van der Waals surface area contributed by atoms with Crippen LogP contribution in [0.4, 0.5) is 11.5 Å². The smallest absolute Gasteiger partial charge is 0.274 e. The lowest BCUT2D eigenvalue weighted by Gasteiger charge is -2.07. The largest absolute Gasteiger partial charge is 0.335 e. The van der Waals surface area contributed by atoms with E-state index in [4.69, 9.17) is 0 Å². The second kappa shape index (κ2) is 4.09. The van der Waals surface area contributed by atoms with Crippen molar-refractivity contribution in [3.63, 3.8) is 0 Å². The van der Waals surface area contributed by atoms with Crippen LogP contribution in [0.3, 0.4) is 0 Å². The molecule has 0 saturated heterocycles. The summed E-state index contributed by atoms with van der Waals surface area (Å²) in [6.45, 7) is 0. The monoisotopic (exact) mass is 283 g/mol. The van der Waals surface area contributed by atoms with Gasteiger partial charge in [0.2, 0.25) is 0 Å². The van der Waals surface area contributed by atoms with Crippen LogP contribution in [0.1, 0.15) is 0 Å². The van der Waals surface area contributed by atoms with Gasteiger partial charge in [-0.2, -0.15) is 0 Å². The molecule has 0 atom stereocenters. The van der Waals surface area contributed by atoms with Gasteiger partial charge in [-0.15, -0.1) is 5.10 Å². The molecule has 0 aliphatic carbocycles. The molecule has 2 aromatic heterocycles. The van der Waals surface area contributed by atoms with Gasteiger partial charge >= 0.3 is 0 Å². The molecule has 0 aliphatic heterocycles. The molecular weight excluding hydrogens is 274 g/mol. The van der Waals surface area contributed by atoms with Crippen molar-refractivity contribution in [3.05, 3.63) is 33.3 Å². The highest BCUT2D eigenvalue weighted by molar-refractivity contribution is 9.10. The first-order valence-corrected chi connectivity index (χ1v) is 5.35. The zero-order chi connectivity index (χ0) is 11.7. The Hall–Kier alpha value is -1.63. The first kappa shape index (κ1) is 10.9. The van der Waals surface area contributed by atoms with Crippen LogP contribution in [0.2, 0.25) is 0 Å². The van der Waals surface area contributed by atoms with Crippen molar-refractivity contribution in [3.8, 4) is 0 Å². The van der Waals surface area contributed by atoms with Crippen molar-refractivity contribution in [2.75, 3.05) is 5.32 Å². The minimum atomic E-state index is -0.107. The summed E-state index contributed by atoms with van der Waals surface area (Å²) in [7, 11) is 3.44. The Bertz CT molecular complexity index is 574. The summed E-state index contributed by atoms with van der Waals surface area (Å²) < 4.78 is 3.88. The molecule has 0 aliphatic rings. The van der Waals surface area contributed by atoms with Crippen LogP contribution >= 0.6 is 15.9 Å². The fraction of sp³-hybridized carbons (Fsp3) is 0.222. The maximum absolute atomic E-state index is 11.8. The Kier molecular flexibility index (Phi) is 2.78. The summed E-state index contributed by atoms with van der Waals surface area (Å²) in [6, 6.07) is 1.72. The van der Waals surface area contributed by atoms with Crippen molar-refractivity contribution < 1.29 is 0 Å². The third kappa shape index (κ3) is 1.99. The van der Waals surface area contributed by atoms with Crippen molar-refractivity contribution in [1.29, 1.82) is 0 Å². The number of nitrogens with one attached hydrogen (secondary N) is 1. The average molecular weight is 284 g/mol. The highest BCUT2D eigenvalue weighted by Crippen LogP contribution is 2.15. The summed E-state index contributed by atoms with van der Waals surface area (Å²) in [5.74, 6) is 0.662. The minimum absolute atomic E-state index is 0.107. The van der Waals surface area contributed by atoms with Crippen LogP contribution in [-0.4, -0.2) is 19.6 Å². The predicted molar refractivity (Wildman–Crippen MR) is 63.7 cm³/mol. The lowest BCUT2D eigenvalue weighted by atomic mass is 10.4. The molecule has 2 aromatic rings. The van der Waals surface area contributed by atoms with Gasteiger partial charge < -0.3 is 9.88 Å². The number of hydrogen-bond acceptors (Lipinski definition) is 4. The SMILES string of the molecule is Cn1nncc1Nc1cc(Br)cn(C)c1=O. The highest BCUT2D eigenvalue weighted by atomic mass is 79.9. The maximum Gasteiger partial charge on any atom is 0.274 e. The van der Waals surface area contributed by atoms with Crippen LogP contribution < -0.4 is 10.9 Å². The van der Waals surface area contributed by atoms with Crippen LogP contribution in [0.25, 0.3) is 0 Å². The third-order valence-corrected chi connectivity index (χ3v) is 2.56. The molecule has 0 bridgehead atoms. The van der Waals surface area contributed by atoms with Gasteiger partial charge in [-0.3, -0.25) is 4.79 Å². The van der Waals surface area contributed by atoms with E-state index < -0.39 is 0 Å². The van der Waals surface area contributed by atoms with Crippen molar-refractivity contribution >= 4 is 27.4 Å². The van der Waals surface area contributed by atoms with E-state index in [1.54, 1.807) is 37.2 Å². The van der Waals surface area contributed by atoms with Gasteiger partial charge in [0.15, 0.2) is 0 Å². The Morgan fingerprint density at radius 3 is 2.81 bits per heavy atom. The minimum Gasteiger partial charge on any atom is -0.335 e. The molecule has 84 valence electrons. The van der Waals surface area contributed by atoms with E-state index in [-0.39, 0.29) is 5.56 Å². The molecule has 1 N–H and O–H groups in total. The number of rotatable bonds is 2. The van der Waals surface area contributed by atoms with Crippen molar-refractivity contribution in [2.45, 2.75) is 0 Å². The first-order valence-electron chi connectivity index (χ1n) is 4.56. The molecule has 2 heterocycles. The standard InChI is InChI=1S/C9H10BrN5O/c1-14-5-6(10)3-7(9(14)16)12-8-4-11-13-15(8)2/h3-5,12H,1-2H3. The Morgan fingerprint density at radius 2 is 2.19 bits per heavy atom. The molecule has 0 saturated carbocycles. The number of aryl methyl sites for hydroxylation is 2. The van der Waals surface area contributed by atoms with E-state index in [2.05, 4.69) is 31.6 Å². The van der Waals surface area contributed by atoms with Gasteiger partial charge in [-0.05, 0) is 22.0 Å². The lowest BCUT2D eigenvalue weighted by Crippen LogP contribution is -2.19. The lowest BCUT2D eigenvalue weighted by molar-refractivity contribution is 0.721.